The average Bonchev–Trinajstić information content (AvgIpc) is 2.54. The van der Waals surface area contributed by atoms with E-state index in [1.165, 1.54) is 19.2 Å². The quantitative estimate of drug-likeness (QED) is 0.757. The van der Waals surface area contributed by atoms with Crippen molar-refractivity contribution >= 4 is 11.5 Å². The first-order valence-corrected chi connectivity index (χ1v) is 7.39. The Kier molecular flexibility index (Phi) is 5.52. The third-order valence-corrected chi connectivity index (χ3v) is 3.87. The Morgan fingerprint density at radius 1 is 1.41 bits per heavy atom. The lowest BCUT2D eigenvalue weighted by Crippen LogP contribution is -2.19. The molecule has 0 aromatic heterocycles. The Labute approximate surface area is 128 Å². The van der Waals surface area contributed by atoms with Crippen molar-refractivity contribution in [1.29, 1.82) is 0 Å². The van der Waals surface area contributed by atoms with Gasteiger partial charge in [-0.25, -0.2) is 8.78 Å². The van der Waals surface area contributed by atoms with E-state index in [0.29, 0.717) is 37.2 Å². The summed E-state index contributed by atoms with van der Waals surface area (Å²) in [6.07, 6.45) is 1.05. The van der Waals surface area contributed by atoms with Gasteiger partial charge in [0, 0.05) is 5.56 Å². The van der Waals surface area contributed by atoms with Gasteiger partial charge in [-0.1, -0.05) is 6.08 Å². The highest BCUT2D eigenvalue weighted by atomic mass is 19.3. The molecule has 0 saturated heterocycles. The number of allylic oxidation sites excluding steroid dienone is 2. The van der Waals surface area contributed by atoms with Crippen LogP contribution in [0.15, 0.2) is 24.3 Å². The van der Waals surface area contributed by atoms with Crippen LogP contribution in [0.4, 0.5) is 8.78 Å². The van der Waals surface area contributed by atoms with Crippen molar-refractivity contribution in [2.75, 3.05) is 13.7 Å². The molecule has 0 N–H and O–H groups in total. The van der Waals surface area contributed by atoms with Gasteiger partial charge < -0.3 is 9.47 Å². The van der Waals surface area contributed by atoms with Crippen LogP contribution in [0.5, 0.6) is 5.75 Å². The molecule has 1 aliphatic rings. The van der Waals surface area contributed by atoms with Gasteiger partial charge in [-0.3, -0.25) is 4.79 Å². The van der Waals surface area contributed by atoms with Crippen LogP contribution < -0.4 is 4.74 Å². The van der Waals surface area contributed by atoms with Gasteiger partial charge in [0.2, 0.25) is 0 Å². The van der Waals surface area contributed by atoms with Gasteiger partial charge >= 0.3 is 5.97 Å². The van der Waals surface area contributed by atoms with E-state index >= 15 is 0 Å². The first kappa shape index (κ1) is 16.5. The highest BCUT2D eigenvalue weighted by Gasteiger charge is 2.25. The number of hydrogen-bond donors (Lipinski definition) is 0. The second-order valence-electron chi connectivity index (χ2n) is 5.21. The summed E-state index contributed by atoms with van der Waals surface area (Å²) in [5.74, 6) is 0.162. The molecule has 0 bridgehead atoms. The van der Waals surface area contributed by atoms with Crippen LogP contribution in [-0.4, -0.2) is 19.7 Å². The lowest BCUT2D eigenvalue weighted by atomic mass is 9.85. The molecule has 0 aliphatic heterocycles. The number of esters is 1. The number of rotatable bonds is 5. The van der Waals surface area contributed by atoms with Crippen molar-refractivity contribution in [3.05, 3.63) is 35.4 Å². The van der Waals surface area contributed by atoms with E-state index in [9.17, 15) is 13.6 Å². The molecule has 3 nitrogen and oxygen atoms in total. The topological polar surface area (TPSA) is 35.5 Å². The van der Waals surface area contributed by atoms with E-state index in [4.69, 9.17) is 9.47 Å². The number of halogens is 2. The maximum absolute atomic E-state index is 13.2. The Bertz CT molecular complexity index is 567. The lowest BCUT2D eigenvalue weighted by molar-refractivity contribution is -0.148. The predicted molar refractivity (Wildman–Crippen MR) is 79.9 cm³/mol. The van der Waals surface area contributed by atoms with Crippen LogP contribution in [0.3, 0.4) is 0 Å². The number of carbonyl (C=O) groups excluding carboxylic acids is 1. The summed E-state index contributed by atoms with van der Waals surface area (Å²) < 4.78 is 36.5. The third kappa shape index (κ3) is 3.64. The minimum atomic E-state index is -2.54. The van der Waals surface area contributed by atoms with E-state index in [0.717, 1.165) is 5.57 Å². The van der Waals surface area contributed by atoms with E-state index in [1.807, 2.05) is 6.08 Å². The van der Waals surface area contributed by atoms with Crippen molar-refractivity contribution in [2.45, 2.75) is 32.6 Å². The van der Waals surface area contributed by atoms with Gasteiger partial charge in [0.25, 0.3) is 6.43 Å². The van der Waals surface area contributed by atoms with Gasteiger partial charge in [-0.2, -0.15) is 0 Å². The SMILES string of the molecule is CCOC(=O)C1CC=C(c2cc(OC)ccc2C(F)F)CC1. The molecule has 0 radical (unpaired) electrons. The summed E-state index contributed by atoms with van der Waals surface area (Å²) in [7, 11) is 1.51. The van der Waals surface area contributed by atoms with Gasteiger partial charge in [0.15, 0.2) is 0 Å². The molecule has 0 heterocycles. The maximum Gasteiger partial charge on any atom is 0.309 e. The number of ether oxygens (including phenoxy) is 2. The fraction of sp³-hybridized carbons (Fsp3) is 0.471. The standard InChI is InChI=1S/C17H20F2O3/c1-3-22-17(20)12-6-4-11(5-7-12)15-10-13(21-2)8-9-14(15)16(18)19/h4,8-10,12,16H,3,5-7H2,1-2H3. The molecule has 120 valence electrons. The molecule has 0 saturated carbocycles. The molecule has 1 aromatic carbocycles. The second-order valence-corrected chi connectivity index (χ2v) is 5.21. The Morgan fingerprint density at radius 3 is 2.73 bits per heavy atom. The number of hydrogen-bond acceptors (Lipinski definition) is 3. The van der Waals surface area contributed by atoms with E-state index < -0.39 is 6.43 Å². The molecule has 0 spiro atoms. The highest BCUT2D eigenvalue weighted by molar-refractivity contribution is 5.76. The number of alkyl halides is 2. The van der Waals surface area contributed by atoms with Gasteiger partial charge in [-0.15, -0.1) is 0 Å². The van der Waals surface area contributed by atoms with Crippen molar-refractivity contribution in [3.8, 4) is 5.75 Å². The molecule has 1 unspecified atom stereocenters. The van der Waals surface area contributed by atoms with Crippen LogP contribution in [0.25, 0.3) is 5.57 Å². The summed E-state index contributed by atoms with van der Waals surface area (Å²) in [5.41, 5.74) is 1.35. The second kappa shape index (κ2) is 7.38. The zero-order valence-corrected chi connectivity index (χ0v) is 12.8. The van der Waals surface area contributed by atoms with Crippen molar-refractivity contribution < 1.29 is 23.0 Å². The van der Waals surface area contributed by atoms with E-state index in [2.05, 4.69) is 0 Å². The third-order valence-electron chi connectivity index (χ3n) is 3.87. The molecule has 22 heavy (non-hydrogen) atoms. The van der Waals surface area contributed by atoms with E-state index in [1.54, 1.807) is 13.0 Å². The average molecular weight is 310 g/mol. The Hall–Kier alpha value is -1.91. The van der Waals surface area contributed by atoms with Crippen LogP contribution in [0, 0.1) is 5.92 Å². The first-order chi connectivity index (χ1) is 10.6. The number of methoxy groups -OCH3 is 1. The van der Waals surface area contributed by atoms with Gasteiger partial charge in [0.1, 0.15) is 5.75 Å². The van der Waals surface area contributed by atoms with Crippen LogP contribution in [0.2, 0.25) is 0 Å². The Balaban J connectivity index is 2.23. The molecular weight excluding hydrogens is 290 g/mol. The van der Waals surface area contributed by atoms with Gasteiger partial charge in [-0.05, 0) is 55.5 Å². The molecule has 1 aromatic rings. The molecule has 5 heteroatoms. The minimum Gasteiger partial charge on any atom is -0.497 e. The fourth-order valence-electron chi connectivity index (χ4n) is 2.68. The smallest absolute Gasteiger partial charge is 0.309 e. The summed E-state index contributed by atoms with van der Waals surface area (Å²) in [4.78, 5) is 11.7. The summed E-state index contributed by atoms with van der Waals surface area (Å²) in [6, 6.07) is 4.57. The van der Waals surface area contributed by atoms with Crippen LogP contribution in [-0.2, 0) is 9.53 Å². The molecular formula is C17H20F2O3. The summed E-state index contributed by atoms with van der Waals surface area (Å²) in [6.45, 7) is 2.13. The molecule has 1 aliphatic carbocycles. The van der Waals surface area contributed by atoms with Crippen LogP contribution in [0.1, 0.15) is 43.7 Å². The van der Waals surface area contributed by atoms with E-state index in [-0.39, 0.29) is 17.5 Å². The molecule has 0 amide bonds. The lowest BCUT2D eigenvalue weighted by Gasteiger charge is -2.22. The predicted octanol–water partition coefficient (Wildman–Crippen LogP) is 4.38. The van der Waals surface area contributed by atoms with Crippen molar-refractivity contribution in [3.63, 3.8) is 0 Å². The zero-order chi connectivity index (χ0) is 16.1. The summed E-state index contributed by atoms with van der Waals surface area (Å²) >= 11 is 0. The minimum absolute atomic E-state index is 0.00151. The largest absolute Gasteiger partial charge is 0.497 e. The molecule has 1 atom stereocenters. The maximum atomic E-state index is 13.2. The van der Waals surface area contributed by atoms with Crippen molar-refractivity contribution in [1.82, 2.24) is 0 Å². The highest BCUT2D eigenvalue weighted by Crippen LogP contribution is 2.37. The Morgan fingerprint density at radius 2 is 2.18 bits per heavy atom. The monoisotopic (exact) mass is 310 g/mol. The van der Waals surface area contributed by atoms with Gasteiger partial charge in [0.05, 0.1) is 19.6 Å². The summed E-state index contributed by atoms with van der Waals surface area (Å²) in [5, 5.41) is 0. The zero-order valence-electron chi connectivity index (χ0n) is 12.8. The fourth-order valence-corrected chi connectivity index (χ4v) is 2.68. The number of carbonyl (C=O) groups is 1. The number of benzene rings is 1. The first-order valence-electron chi connectivity index (χ1n) is 7.39. The molecule has 0 fully saturated rings. The molecule has 2 rings (SSSR count). The van der Waals surface area contributed by atoms with Crippen LogP contribution >= 0.6 is 0 Å². The normalized spacial score (nSPS) is 18.0. The van der Waals surface area contributed by atoms with Crippen molar-refractivity contribution in [2.24, 2.45) is 5.92 Å².